The second kappa shape index (κ2) is 3.30. The van der Waals surface area contributed by atoms with Crippen LogP contribution >= 0.6 is 0 Å². The van der Waals surface area contributed by atoms with E-state index < -0.39 is 0 Å². The predicted octanol–water partition coefficient (Wildman–Crippen LogP) is 1.82. The molecular formula is C7H10O2. The first-order chi connectivity index (χ1) is 4.43. The average Bonchev–Trinajstić information content (AvgIpc) is 2.34. The molecule has 9 heavy (non-hydrogen) atoms. The minimum atomic E-state index is 0.587. The summed E-state index contributed by atoms with van der Waals surface area (Å²) in [5.41, 5.74) is 0. The van der Waals surface area contributed by atoms with Gasteiger partial charge >= 0.3 is 0 Å². The fraction of sp³-hybridized carbons (Fsp3) is 0.429. The number of hydrogen-bond donors (Lipinski definition) is 0. The van der Waals surface area contributed by atoms with Gasteiger partial charge in [0.05, 0.1) is 6.26 Å². The molecule has 0 saturated heterocycles. The standard InChI is InChI=1S/C7H10O2/c1-2-8-6-7-4-3-5-9-7/h3-5H,2,6H2,1H3. The van der Waals surface area contributed by atoms with Crippen molar-refractivity contribution >= 4 is 0 Å². The Kier molecular flexibility index (Phi) is 2.33. The van der Waals surface area contributed by atoms with Crippen LogP contribution in [0.1, 0.15) is 12.7 Å². The van der Waals surface area contributed by atoms with Crippen molar-refractivity contribution in [1.82, 2.24) is 0 Å². The molecule has 0 unspecified atom stereocenters. The van der Waals surface area contributed by atoms with Crippen LogP contribution < -0.4 is 0 Å². The van der Waals surface area contributed by atoms with Gasteiger partial charge in [-0.05, 0) is 19.1 Å². The van der Waals surface area contributed by atoms with E-state index in [0.717, 1.165) is 12.4 Å². The predicted molar refractivity (Wildman–Crippen MR) is 34.0 cm³/mol. The molecule has 0 fully saturated rings. The third kappa shape index (κ3) is 1.90. The summed E-state index contributed by atoms with van der Waals surface area (Å²) >= 11 is 0. The third-order valence-electron chi connectivity index (χ3n) is 1.03. The highest BCUT2D eigenvalue weighted by Gasteiger charge is 1.91. The van der Waals surface area contributed by atoms with E-state index in [4.69, 9.17) is 9.15 Å². The summed E-state index contributed by atoms with van der Waals surface area (Å²) < 4.78 is 10.1. The van der Waals surface area contributed by atoms with Crippen LogP contribution in [0.25, 0.3) is 0 Å². The van der Waals surface area contributed by atoms with Gasteiger partial charge in [-0.25, -0.2) is 0 Å². The number of ether oxygens (including phenoxy) is 1. The van der Waals surface area contributed by atoms with E-state index in [9.17, 15) is 0 Å². The molecule has 0 atom stereocenters. The molecule has 1 aromatic rings. The molecule has 0 radical (unpaired) electrons. The normalized spacial score (nSPS) is 9.89. The van der Waals surface area contributed by atoms with Crippen LogP contribution in [0.4, 0.5) is 0 Å². The Morgan fingerprint density at radius 1 is 1.67 bits per heavy atom. The van der Waals surface area contributed by atoms with Crippen LogP contribution in [-0.4, -0.2) is 6.61 Å². The Hall–Kier alpha value is -0.760. The van der Waals surface area contributed by atoms with Crippen LogP contribution in [0.5, 0.6) is 0 Å². The van der Waals surface area contributed by atoms with E-state index in [-0.39, 0.29) is 0 Å². The first-order valence-corrected chi connectivity index (χ1v) is 3.03. The molecule has 0 aliphatic rings. The van der Waals surface area contributed by atoms with E-state index >= 15 is 0 Å². The average molecular weight is 126 g/mol. The molecule has 0 bridgehead atoms. The minimum Gasteiger partial charge on any atom is -0.467 e. The highest BCUT2D eigenvalue weighted by molar-refractivity contribution is 4.95. The van der Waals surface area contributed by atoms with E-state index in [1.807, 2.05) is 19.1 Å². The van der Waals surface area contributed by atoms with Gasteiger partial charge in [0.15, 0.2) is 0 Å². The molecule has 0 saturated carbocycles. The molecule has 1 aromatic heterocycles. The lowest BCUT2D eigenvalue weighted by atomic mass is 10.5. The fourth-order valence-corrected chi connectivity index (χ4v) is 0.597. The molecule has 0 spiro atoms. The van der Waals surface area contributed by atoms with Crippen LogP contribution in [-0.2, 0) is 11.3 Å². The molecule has 50 valence electrons. The summed E-state index contributed by atoms with van der Waals surface area (Å²) in [5.74, 6) is 0.886. The lowest BCUT2D eigenvalue weighted by molar-refractivity contribution is 0.118. The zero-order valence-corrected chi connectivity index (χ0v) is 5.46. The van der Waals surface area contributed by atoms with Gasteiger partial charge in [0, 0.05) is 6.61 Å². The molecule has 0 N–H and O–H groups in total. The highest BCUT2D eigenvalue weighted by atomic mass is 16.5. The van der Waals surface area contributed by atoms with Gasteiger partial charge in [-0.3, -0.25) is 0 Å². The number of furan rings is 1. The topological polar surface area (TPSA) is 22.4 Å². The molecule has 2 nitrogen and oxygen atoms in total. The van der Waals surface area contributed by atoms with Crippen molar-refractivity contribution in [3.63, 3.8) is 0 Å². The van der Waals surface area contributed by atoms with E-state index in [0.29, 0.717) is 6.61 Å². The molecule has 2 heteroatoms. The van der Waals surface area contributed by atoms with E-state index in [1.54, 1.807) is 6.26 Å². The summed E-state index contributed by atoms with van der Waals surface area (Å²) in [6.45, 7) is 3.28. The van der Waals surface area contributed by atoms with Gasteiger partial charge in [0.2, 0.25) is 0 Å². The monoisotopic (exact) mass is 126 g/mol. The van der Waals surface area contributed by atoms with Gasteiger partial charge < -0.3 is 9.15 Å². The minimum absolute atomic E-state index is 0.587. The quantitative estimate of drug-likeness (QED) is 0.616. The van der Waals surface area contributed by atoms with Gasteiger partial charge in [-0.2, -0.15) is 0 Å². The van der Waals surface area contributed by atoms with Crippen molar-refractivity contribution in [2.24, 2.45) is 0 Å². The molecule has 0 aliphatic heterocycles. The lowest BCUT2D eigenvalue weighted by Crippen LogP contribution is -1.88. The maximum Gasteiger partial charge on any atom is 0.129 e. The van der Waals surface area contributed by atoms with Crippen molar-refractivity contribution in [2.75, 3.05) is 6.61 Å². The maximum atomic E-state index is 5.08. The Morgan fingerprint density at radius 3 is 3.11 bits per heavy atom. The zero-order chi connectivity index (χ0) is 6.53. The molecule has 1 heterocycles. The summed E-state index contributed by atoms with van der Waals surface area (Å²) in [5, 5.41) is 0. The lowest BCUT2D eigenvalue weighted by Gasteiger charge is -1.93. The van der Waals surface area contributed by atoms with Crippen molar-refractivity contribution in [3.05, 3.63) is 24.2 Å². The first-order valence-electron chi connectivity index (χ1n) is 3.03. The van der Waals surface area contributed by atoms with Crippen LogP contribution in [0, 0.1) is 0 Å². The number of rotatable bonds is 3. The Morgan fingerprint density at radius 2 is 2.56 bits per heavy atom. The van der Waals surface area contributed by atoms with Crippen molar-refractivity contribution in [2.45, 2.75) is 13.5 Å². The Bertz CT molecular complexity index is 144. The largest absolute Gasteiger partial charge is 0.467 e. The SMILES string of the molecule is CCOCc1ccco1. The van der Waals surface area contributed by atoms with Gasteiger partial charge in [-0.15, -0.1) is 0 Å². The van der Waals surface area contributed by atoms with Crippen molar-refractivity contribution in [1.29, 1.82) is 0 Å². The van der Waals surface area contributed by atoms with E-state index in [1.165, 1.54) is 0 Å². The van der Waals surface area contributed by atoms with Crippen LogP contribution in [0.2, 0.25) is 0 Å². The summed E-state index contributed by atoms with van der Waals surface area (Å²) in [4.78, 5) is 0. The van der Waals surface area contributed by atoms with Crippen molar-refractivity contribution < 1.29 is 9.15 Å². The summed E-state index contributed by atoms with van der Waals surface area (Å²) in [6.07, 6.45) is 1.65. The van der Waals surface area contributed by atoms with Crippen LogP contribution in [0.3, 0.4) is 0 Å². The third-order valence-corrected chi connectivity index (χ3v) is 1.03. The van der Waals surface area contributed by atoms with Crippen molar-refractivity contribution in [3.8, 4) is 0 Å². The second-order valence-corrected chi connectivity index (χ2v) is 1.72. The van der Waals surface area contributed by atoms with Gasteiger partial charge in [0.25, 0.3) is 0 Å². The Balaban J connectivity index is 2.30. The second-order valence-electron chi connectivity index (χ2n) is 1.72. The number of hydrogen-bond acceptors (Lipinski definition) is 2. The smallest absolute Gasteiger partial charge is 0.129 e. The Labute approximate surface area is 54.4 Å². The fourth-order valence-electron chi connectivity index (χ4n) is 0.597. The first kappa shape index (κ1) is 6.36. The molecule has 0 amide bonds. The molecule has 0 aromatic carbocycles. The van der Waals surface area contributed by atoms with Gasteiger partial charge in [0.1, 0.15) is 12.4 Å². The molecular weight excluding hydrogens is 116 g/mol. The van der Waals surface area contributed by atoms with Gasteiger partial charge in [-0.1, -0.05) is 0 Å². The highest BCUT2D eigenvalue weighted by Crippen LogP contribution is 2.00. The van der Waals surface area contributed by atoms with E-state index in [2.05, 4.69) is 0 Å². The summed E-state index contributed by atoms with van der Waals surface area (Å²) in [6, 6.07) is 3.75. The zero-order valence-electron chi connectivity index (χ0n) is 5.46. The molecule has 0 aliphatic carbocycles. The summed E-state index contributed by atoms with van der Waals surface area (Å²) in [7, 11) is 0. The van der Waals surface area contributed by atoms with Crippen LogP contribution in [0.15, 0.2) is 22.8 Å². The maximum absolute atomic E-state index is 5.08. The molecule has 1 rings (SSSR count).